The second-order valence-corrected chi connectivity index (χ2v) is 9.46. The van der Waals surface area contributed by atoms with Crippen molar-refractivity contribution in [3.63, 3.8) is 0 Å². The van der Waals surface area contributed by atoms with Crippen LogP contribution in [0.25, 0.3) is 0 Å². The zero-order valence-corrected chi connectivity index (χ0v) is 16.5. The van der Waals surface area contributed by atoms with Crippen molar-refractivity contribution >= 4 is 31.9 Å². The maximum Gasteiger partial charge on any atom is 0.225 e. The van der Waals surface area contributed by atoms with Crippen LogP contribution in [0, 0.1) is 5.92 Å². The van der Waals surface area contributed by atoms with Crippen LogP contribution in [0.15, 0.2) is 22.8 Å². The normalized spacial score (nSPS) is 23.0. The summed E-state index contributed by atoms with van der Waals surface area (Å²) in [6.45, 7) is 2.08. The molecule has 138 valence electrons. The quantitative estimate of drug-likeness (QED) is 0.721. The summed E-state index contributed by atoms with van der Waals surface area (Å²) in [5.74, 6) is 0.578. The van der Waals surface area contributed by atoms with Gasteiger partial charge in [-0.25, -0.2) is 17.7 Å². The lowest BCUT2D eigenvalue weighted by atomic mass is 9.97. The van der Waals surface area contributed by atoms with Gasteiger partial charge in [0.25, 0.3) is 0 Å². The minimum atomic E-state index is -3.16. The predicted octanol–water partition coefficient (Wildman–Crippen LogP) is 1.50. The molecule has 2 aliphatic rings. The number of amides is 1. The van der Waals surface area contributed by atoms with E-state index in [9.17, 15) is 13.2 Å². The highest BCUT2D eigenvalue weighted by Gasteiger charge is 2.35. The largest absolute Gasteiger partial charge is 0.472 e. The summed E-state index contributed by atoms with van der Waals surface area (Å²) in [7, 11) is -3.16. The minimum absolute atomic E-state index is 0.0475. The summed E-state index contributed by atoms with van der Waals surface area (Å²) >= 11 is 3.34. The van der Waals surface area contributed by atoms with Crippen LogP contribution in [0.2, 0.25) is 0 Å². The molecule has 1 atom stereocenters. The number of carbonyl (C=O) groups is 1. The molecule has 3 rings (SSSR count). The third kappa shape index (κ3) is 4.71. The van der Waals surface area contributed by atoms with Crippen LogP contribution >= 0.6 is 15.9 Å². The molecule has 0 aliphatic carbocycles. The van der Waals surface area contributed by atoms with Gasteiger partial charge in [0.1, 0.15) is 6.10 Å². The zero-order valence-electron chi connectivity index (χ0n) is 14.1. The van der Waals surface area contributed by atoms with Crippen LogP contribution in [0.5, 0.6) is 5.88 Å². The minimum Gasteiger partial charge on any atom is -0.472 e. The lowest BCUT2D eigenvalue weighted by Crippen LogP contribution is -2.43. The third-order valence-electron chi connectivity index (χ3n) is 4.72. The Morgan fingerprint density at radius 3 is 2.56 bits per heavy atom. The van der Waals surface area contributed by atoms with Gasteiger partial charge in [-0.1, -0.05) is 0 Å². The van der Waals surface area contributed by atoms with Gasteiger partial charge in [-0.15, -0.1) is 0 Å². The maximum absolute atomic E-state index is 12.7. The fraction of sp³-hybridized carbons (Fsp3) is 0.625. The number of rotatable bonds is 4. The average molecular weight is 432 g/mol. The van der Waals surface area contributed by atoms with Crippen molar-refractivity contribution in [2.45, 2.75) is 25.4 Å². The Bertz CT molecular complexity index is 717. The average Bonchev–Trinajstić information content (AvgIpc) is 3.04. The number of pyridine rings is 1. The molecule has 3 heterocycles. The van der Waals surface area contributed by atoms with Gasteiger partial charge in [-0.05, 0) is 34.8 Å². The molecule has 0 aromatic carbocycles. The highest BCUT2D eigenvalue weighted by molar-refractivity contribution is 9.10. The van der Waals surface area contributed by atoms with Crippen LogP contribution in [0.3, 0.4) is 0 Å². The molecule has 0 saturated carbocycles. The third-order valence-corrected chi connectivity index (χ3v) is 6.49. The molecule has 7 nitrogen and oxygen atoms in total. The predicted molar refractivity (Wildman–Crippen MR) is 96.7 cm³/mol. The number of hydrogen-bond donors (Lipinski definition) is 0. The van der Waals surface area contributed by atoms with Crippen LogP contribution in [-0.4, -0.2) is 67.1 Å². The first kappa shape index (κ1) is 18.6. The second-order valence-electron chi connectivity index (χ2n) is 6.56. The number of hydrogen-bond acceptors (Lipinski definition) is 5. The Hall–Kier alpha value is -1.19. The number of ether oxygens (including phenoxy) is 1. The molecule has 2 aliphatic heterocycles. The summed E-state index contributed by atoms with van der Waals surface area (Å²) in [6.07, 6.45) is 4.81. The van der Waals surface area contributed by atoms with E-state index >= 15 is 0 Å². The van der Waals surface area contributed by atoms with Gasteiger partial charge in [0.2, 0.25) is 21.8 Å². The Labute approximate surface area is 156 Å². The van der Waals surface area contributed by atoms with Crippen LogP contribution < -0.4 is 4.74 Å². The number of carbonyl (C=O) groups excluding carboxylic acids is 1. The van der Waals surface area contributed by atoms with E-state index in [-0.39, 0.29) is 17.9 Å². The van der Waals surface area contributed by atoms with E-state index in [0.717, 1.165) is 10.9 Å². The summed E-state index contributed by atoms with van der Waals surface area (Å²) in [4.78, 5) is 18.7. The van der Waals surface area contributed by atoms with Crippen molar-refractivity contribution < 1.29 is 17.9 Å². The topological polar surface area (TPSA) is 79.8 Å². The molecular formula is C16H22BrN3O4S. The molecule has 1 amide bonds. The van der Waals surface area contributed by atoms with Gasteiger partial charge < -0.3 is 9.64 Å². The van der Waals surface area contributed by atoms with Gasteiger partial charge in [0, 0.05) is 48.7 Å². The summed E-state index contributed by atoms with van der Waals surface area (Å²) in [6, 6.07) is 3.67. The Morgan fingerprint density at radius 1 is 1.24 bits per heavy atom. The standard InChI is InChI=1S/C16H22BrN3O4S/c1-25(22,23)20-8-4-12(5-9-20)16(21)19-7-6-14(11-19)24-15-3-2-13(17)10-18-15/h2-3,10,12,14H,4-9,11H2,1H3. The van der Waals surface area contributed by atoms with Crippen molar-refractivity contribution in [1.82, 2.24) is 14.2 Å². The molecule has 2 fully saturated rings. The van der Waals surface area contributed by atoms with Gasteiger partial charge in [-0.2, -0.15) is 0 Å². The zero-order chi connectivity index (χ0) is 18.0. The first-order chi connectivity index (χ1) is 11.8. The first-order valence-electron chi connectivity index (χ1n) is 8.35. The molecule has 2 saturated heterocycles. The number of likely N-dealkylation sites (tertiary alicyclic amines) is 1. The number of piperidine rings is 1. The highest BCUT2D eigenvalue weighted by atomic mass is 79.9. The van der Waals surface area contributed by atoms with Crippen molar-refractivity contribution in [2.24, 2.45) is 5.92 Å². The monoisotopic (exact) mass is 431 g/mol. The molecule has 9 heteroatoms. The second kappa shape index (κ2) is 7.59. The molecule has 0 N–H and O–H groups in total. The Morgan fingerprint density at radius 2 is 1.96 bits per heavy atom. The van der Waals surface area contributed by atoms with Crippen molar-refractivity contribution in [3.05, 3.63) is 22.8 Å². The van der Waals surface area contributed by atoms with E-state index in [1.807, 2.05) is 11.0 Å². The number of halogens is 1. The van der Waals surface area contributed by atoms with Crippen molar-refractivity contribution in [1.29, 1.82) is 0 Å². The molecule has 1 aromatic heterocycles. The summed E-state index contributed by atoms with van der Waals surface area (Å²) in [5.41, 5.74) is 0. The van der Waals surface area contributed by atoms with E-state index in [1.165, 1.54) is 10.6 Å². The number of nitrogens with zero attached hydrogens (tertiary/aromatic N) is 3. The fourth-order valence-corrected chi connectivity index (χ4v) is 4.43. The van der Waals surface area contributed by atoms with Crippen molar-refractivity contribution in [3.8, 4) is 5.88 Å². The van der Waals surface area contributed by atoms with Gasteiger partial charge >= 0.3 is 0 Å². The summed E-state index contributed by atoms with van der Waals surface area (Å²) < 4.78 is 31.3. The van der Waals surface area contributed by atoms with Crippen LogP contribution in [0.1, 0.15) is 19.3 Å². The molecule has 0 spiro atoms. The van der Waals surface area contributed by atoms with E-state index in [2.05, 4.69) is 20.9 Å². The van der Waals surface area contributed by atoms with E-state index in [1.54, 1.807) is 12.3 Å². The van der Waals surface area contributed by atoms with Gasteiger partial charge in [-0.3, -0.25) is 4.79 Å². The van der Waals surface area contributed by atoms with Gasteiger partial charge in [0.05, 0.1) is 12.8 Å². The summed E-state index contributed by atoms with van der Waals surface area (Å²) in [5, 5.41) is 0. The molecule has 25 heavy (non-hydrogen) atoms. The lowest BCUT2D eigenvalue weighted by molar-refractivity contribution is -0.135. The van der Waals surface area contributed by atoms with Crippen LogP contribution in [0.4, 0.5) is 0 Å². The first-order valence-corrected chi connectivity index (χ1v) is 11.0. The van der Waals surface area contributed by atoms with E-state index < -0.39 is 10.0 Å². The Kier molecular flexibility index (Phi) is 5.65. The van der Waals surface area contributed by atoms with E-state index in [0.29, 0.717) is 44.9 Å². The molecular weight excluding hydrogens is 410 g/mol. The highest BCUT2D eigenvalue weighted by Crippen LogP contribution is 2.24. The molecule has 0 bridgehead atoms. The number of sulfonamides is 1. The molecule has 1 aromatic rings. The van der Waals surface area contributed by atoms with Crippen molar-refractivity contribution in [2.75, 3.05) is 32.4 Å². The smallest absolute Gasteiger partial charge is 0.225 e. The Balaban J connectivity index is 1.50. The molecule has 1 unspecified atom stereocenters. The van der Waals surface area contributed by atoms with Crippen LogP contribution in [-0.2, 0) is 14.8 Å². The SMILES string of the molecule is CS(=O)(=O)N1CCC(C(=O)N2CCC(Oc3ccc(Br)cn3)C2)CC1. The lowest BCUT2D eigenvalue weighted by Gasteiger charge is -2.31. The fourth-order valence-electron chi connectivity index (χ4n) is 3.32. The maximum atomic E-state index is 12.7. The molecule has 0 radical (unpaired) electrons. The van der Waals surface area contributed by atoms with Gasteiger partial charge in [0.15, 0.2) is 0 Å². The van der Waals surface area contributed by atoms with E-state index in [4.69, 9.17) is 4.74 Å². The number of aromatic nitrogens is 1.